The van der Waals surface area contributed by atoms with E-state index in [-0.39, 0.29) is 6.04 Å². The largest absolute Gasteiger partial charge is 0.491 e. The zero-order valence-corrected chi connectivity index (χ0v) is 6.50. The third kappa shape index (κ3) is 0.906. The molecular formula is C9H11NO. The monoisotopic (exact) mass is 149 g/mol. The first-order chi connectivity index (χ1) is 5.29. The summed E-state index contributed by atoms with van der Waals surface area (Å²) >= 11 is 0. The maximum absolute atomic E-state index is 5.79. The van der Waals surface area contributed by atoms with E-state index in [4.69, 9.17) is 10.5 Å². The van der Waals surface area contributed by atoms with Gasteiger partial charge in [0.15, 0.2) is 0 Å². The molecule has 0 fully saturated rings. The number of benzene rings is 1. The summed E-state index contributed by atoms with van der Waals surface area (Å²) in [4.78, 5) is 0. The molecule has 1 aliphatic rings. The van der Waals surface area contributed by atoms with Crippen molar-refractivity contribution in [1.29, 1.82) is 0 Å². The first kappa shape index (κ1) is 6.68. The van der Waals surface area contributed by atoms with E-state index >= 15 is 0 Å². The van der Waals surface area contributed by atoms with E-state index < -0.39 is 0 Å². The van der Waals surface area contributed by atoms with Gasteiger partial charge in [-0.25, -0.2) is 0 Å². The molecule has 1 aromatic rings. The molecule has 1 heterocycles. The van der Waals surface area contributed by atoms with Crippen LogP contribution in [0.25, 0.3) is 0 Å². The number of aryl methyl sites for hydroxylation is 1. The molecule has 11 heavy (non-hydrogen) atoms. The minimum absolute atomic E-state index is 0.0740. The zero-order valence-electron chi connectivity index (χ0n) is 6.50. The van der Waals surface area contributed by atoms with Gasteiger partial charge in [-0.3, -0.25) is 0 Å². The fourth-order valence-electron chi connectivity index (χ4n) is 1.43. The van der Waals surface area contributed by atoms with Crippen LogP contribution in [0, 0.1) is 6.92 Å². The Balaban J connectivity index is 2.57. The normalized spacial score (nSPS) is 21.1. The molecule has 58 valence electrons. The summed E-state index contributed by atoms with van der Waals surface area (Å²) in [5.74, 6) is 0.986. The molecule has 0 spiro atoms. The van der Waals surface area contributed by atoms with Crippen molar-refractivity contribution in [2.75, 3.05) is 6.61 Å². The number of nitrogens with two attached hydrogens (primary N) is 1. The summed E-state index contributed by atoms with van der Waals surface area (Å²) in [6.45, 7) is 2.66. The fourth-order valence-corrected chi connectivity index (χ4v) is 1.43. The molecule has 0 saturated heterocycles. The Kier molecular flexibility index (Phi) is 1.36. The molecule has 2 rings (SSSR count). The number of rotatable bonds is 0. The first-order valence-corrected chi connectivity index (χ1v) is 3.77. The van der Waals surface area contributed by atoms with Crippen molar-refractivity contribution >= 4 is 0 Å². The van der Waals surface area contributed by atoms with Gasteiger partial charge in [0.1, 0.15) is 12.4 Å². The summed E-state index contributed by atoms with van der Waals surface area (Å²) in [5, 5.41) is 0. The standard InChI is InChI=1S/C9H11NO/c1-6-3-2-4-7-8(10)5-11-9(6)7/h2-4,8H,5,10H2,1H3. The summed E-state index contributed by atoms with van der Waals surface area (Å²) in [6, 6.07) is 6.16. The van der Waals surface area contributed by atoms with Crippen LogP contribution < -0.4 is 10.5 Å². The van der Waals surface area contributed by atoms with Gasteiger partial charge in [0.2, 0.25) is 0 Å². The van der Waals surface area contributed by atoms with E-state index in [1.165, 1.54) is 5.56 Å². The Hall–Kier alpha value is -1.02. The Bertz CT molecular complexity index is 283. The van der Waals surface area contributed by atoms with Crippen LogP contribution in [0.3, 0.4) is 0 Å². The Morgan fingerprint density at radius 3 is 3.09 bits per heavy atom. The van der Waals surface area contributed by atoms with Crippen molar-refractivity contribution in [2.45, 2.75) is 13.0 Å². The lowest BCUT2D eigenvalue weighted by molar-refractivity contribution is 0.331. The number of hydrogen-bond acceptors (Lipinski definition) is 2. The molecule has 2 N–H and O–H groups in total. The van der Waals surface area contributed by atoms with E-state index in [1.807, 2.05) is 25.1 Å². The highest BCUT2D eigenvalue weighted by atomic mass is 16.5. The minimum Gasteiger partial charge on any atom is -0.491 e. The van der Waals surface area contributed by atoms with E-state index in [1.54, 1.807) is 0 Å². The number of para-hydroxylation sites is 1. The van der Waals surface area contributed by atoms with Crippen molar-refractivity contribution in [2.24, 2.45) is 5.73 Å². The van der Waals surface area contributed by atoms with Crippen LogP contribution in [-0.4, -0.2) is 6.61 Å². The molecule has 1 atom stereocenters. The summed E-state index contributed by atoms with van der Waals surface area (Å²) in [5.41, 5.74) is 8.11. The molecule has 0 bridgehead atoms. The highest BCUT2D eigenvalue weighted by molar-refractivity contribution is 5.45. The third-order valence-corrected chi connectivity index (χ3v) is 2.05. The van der Waals surface area contributed by atoms with Gasteiger partial charge < -0.3 is 10.5 Å². The molecule has 0 aromatic heterocycles. The Morgan fingerprint density at radius 1 is 1.55 bits per heavy atom. The van der Waals surface area contributed by atoms with E-state index in [9.17, 15) is 0 Å². The summed E-state index contributed by atoms with van der Waals surface area (Å²) < 4.78 is 5.42. The maximum Gasteiger partial charge on any atom is 0.127 e. The van der Waals surface area contributed by atoms with Crippen LogP contribution in [0.2, 0.25) is 0 Å². The van der Waals surface area contributed by atoms with Crippen molar-refractivity contribution in [3.05, 3.63) is 29.3 Å². The van der Waals surface area contributed by atoms with Crippen LogP contribution in [0.5, 0.6) is 5.75 Å². The molecule has 1 aliphatic heterocycles. The molecule has 0 aliphatic carbocycles. The number of hydrogen-bond donors (Lipinski definition) is 1. The minimum atomic E-state index is 0.0740. The van der Waals surface area contributed by atoms with Gasteiger partial charge in [-0.1, -0.05) is 18.2 Å². The van der Waals surface area contributed by atoms with E-state index in [0.29, 0.717) is 6.61 Å². The number of fused-ring (bicyclic) bond motifs is 1. The van der Waals surface area contributed by atoms with E-state index in [2.05, 4.69) is 0 Å². The van der Waals surface area contributed by atoms with E-state index in [0.717, 1.165) is 11.3 Å². The second-order valence-corrected chi connectivity index (χ2v) is 2.91. The number of ether oxygens (including phenoxy) is 1. The van der Waals surface area contributed by atoms with Gasteiger partial charge in [-0.15, -0.1) is 0 Å². The lowest BCUT2D eigenvalue weighted by Crippen LogP contribution is -2.10. The second-order valence-electron chi connectivity index (χ2n) is 2.91. The van der Waals surface area contributed by atoms with Crippen molar-refractivity contribution in [3.8, 4) is 5.75 Å². The third-order valence-electron chi connectivity index (χ3n) is 2.05. The SMILES string of the molecule is Cc1cccc2c1OCC2N. The average molecular weight is 149 g/mol. The van der Waals surface area contributed by atoms with Gasteiger partial charge in [-0.2, -0.15) is 0 Å². The highest BCUT2D eigenvalue weighted by Gasteiger charge is 2.20. The van der Waals surface area contributed by atoms with Gasteiger partial charge in [0.25, 0.3) is 0 Å². The van der Waals surface area contributed by atoms with Crippen LogP contribution in [0.15, 0.2) is 18.2 Å². The first-order valence-electron chi connectivity index (χ1n) is 3.77. The van der Waals surface area contributed by atoms with Gasteiger partial charge >= 0.3 is 0 Å². The quantitative estimate of drug-likeness (QED) is 0.605. The van der Waals surface area contributed by atoms with Gasteiger partial charge in [-0.05, 0) is 12.5 Å². The predicted octanol–water partition coefficient (Wildman–Crippen LogP) is 1.39. The topological polar surface area (TPSA) is 35.2 Å². The molecule has 0 radical (unpaired) electrons. The van der Waals surface area contributed by atoms with Gasteiger partial charge in [0, 0.05) is 5.56 Å². The molecule has 2 heteroatoms. The van der Waals surface area contributed by atoms with Crippen LogP contribution in [-0.2, 0) is 0 Å². The smallest absolute Gasteiger partial charge is 0.127 e. The highest BCUT2D eigenvalue weighted by Crippen LogP contribution is 2.33. The predicted molar refractivity (Wildman–Crippen MR) is 43.6 cm³/mol. The van der Waals surface area contributed by atoms with Crippen molar-refractivity contribution < 1.29 is 4.74 Å². The second kappa shape index (κ2) is 2.24. The maximum atomic E-state index is 5.79. The molecule has 1 aromatic carbocycles. The summed E-state index contributed by atoms with van der Waals surface area (Å²) in [7, 11) is 0. The van der Waals surface area contributed by atoms with Gasteiger partial charge in [0.05, 0.1) is 6.04 Å². The molecule has 0 amide bonds. The van der Waals surface area contributed by atoms with Crippen LogP contribution in [0.1, 0.15) is 17.2 Å². The molecule has 2 nitrogen and oxygen atoms in total. The summed E-state index contributed by atoms with van der Waals surface area (Å²) in [6.07, 6.45) is 0. The molecular weight excluding hydrogens is 138 g/mol. The molecule has 1 unspecified atom stereocenters. The Labute approximate surface area is 66.0 Å². The van der Waals surface area contributed by atoms with Crippen LogP contribution in [0.4, 0.5) is 0 Å². The fraction of sp³-hybridized carbons (Fsp3) is 0.333. The zero-order chi connectivity index (χ0) is 7.84. The molecule has 0 saturated carbocycles. The lowest BCUT2D eigenvalue weighted by Gasteiger charge is -2.01. The van der Waals surface area contributed by atoms with Crippen molar-refractivity contribution in [3.63, 3.8) is 0 Å². The Morgan fingerprint density at radius 2 is 2.36 bits per heavy atom. The lowest BCUT2D eigenvalue weighted by atomic mass is 10.1. The average Bonchev–Trinajstić information content (AvgIpc) is 2.35. The van der Waals surface area contributed by atoms with Crippen molar-refractivity contribution in [1.82, 2.24) is 0 Å². The van der Waals surface area contributed by atoms with Crippen LogP contribution >= 0.6 is 0 Å².